The normalized spacial score (nSPS) is 20.4. The number of nitrogens with zero attached hydrogens (tertiary/aromatic N) is 1. The lowest BCUT2D eigenvalue weighted by Gasteiger charge is -2.32. The SMILES string of the molecule is O=C(O)C1CCCCN1S(=O)(=O)c1cc(Cl)cc(Br)c1O. The molecular formula is C12H13BrClNO5S. The van der Waals surface area contributed by atoms with E-state index in [-0.39, 0.29) is 22.5 Å². The highest BCUT2D eigenvalue weighted by Gasteiger charge is 2.39. The molecule has 0 aromatic heterocycles. The molecule has 0 saturated carbocycles. The van der Waals surface area contributed by atoms with Crippen molar-refractivity contribution in [1.29, 1.82) is 0 Å². The van der Waals surface area contributed by atoms with Crippen molar-refractivity contribution in [2.45, 2.75) is 30.2 Å². The van der Waals surface area contributed by atoms with Gasteiger partial charge in [0, 0.05) is 11.6 Å². The highest BCUT2D eigenvalue weighted by atomic mass is 79.9. The molecule has 2 N–H and O–H groups in total. The lowest BCUT2D eigenvalue weighted by atomic mass is 10.1. The fourth-order valence-electron chi connectivity index (χ4n) is 2.30. The van der Waals surface area contributed by atoms with Crippen molar-refractivity contribution in [3.63, 3.8) is 0 Å². The van der Waals surface area contributed by atoms with Crippen molar-refractivity contribution < 1.29 is 23.4 Å². The van der Waals surface area contributed by atoms with Crippen LogP contribution in [0.2, 0.25) is 5.02 Å². The summed E-state index contributed by atoms with van der Waals surface area (Å²) in [5, 5.41) is 19.3. The summed E-state index contributed by atoms with van der Waals surface area (Å²) in [6.07, 6.45) is 1.47. The average molecular weight is 399 g/mol. The first-order chi connectivity index (χ1) is 9.75. The number of hydrogen-bond acceptors (Lipinski definition) is 4. The number of phenols is 1. The first-order valence-electron chi connectivity index (χ1n) is 6.18. The second kappa shape index (κ2) is 6.12. The van der Waals surface area contributed by atoms with Gasteiger partial charge in [0.2, 0.25) is 10.0 Å². The molecule has 0 radical (unpaired) electrons. The number of phenolic OH excluding ortho intramolecular Hbond substituents is 1. The van der Waals surface area contributed by atoms with E-state index >= 15 is 0 Å². The van der Waals surface area contributed by atoms with Crippen LogP contribution >= 0.6 is 27.5 Å². The van der Waals surface area contributed by atoms with Crippen LogP contribution in [0.25, 0.3) is 0 Å². The third kappa shape index (κ3) is 3.18. The molecule has 6 nitrogen and oxygen atoms in total. The average Bonchev–Trinajstić information content (AvgIpc) is 2.42. The standard InChI is InChI=1S/C12H13BrClNO5S/c13-8-5-7(14)6-10(11(8)16)21(19,20)15-4-2-1-3-9(15)12(17)18/h5-6,9,16H,1-4H2,(H,17,18). The Morgan fingerprint density at radius 2 is 2.05 bits per heavy atom. The van der Waals surface area contributed by atoms with E-state index in [9.17, 15) is 23.4 Å². The molecule has 2 rings (SSSR count). The van der Waals surface area contributed by atoms with Gasteiger partial charge < -0.3 is 10.2 Å². The number of piperidine rings is 1. The topological polar surface area (TPSA) is 94.9 Å². The van der Waals surface area contributed by atoms with Crippen LogP contribution in [0.4, 0.5) is 0 Å². The number of carboxylic acid groups (broad SMARTS) is 1. The Hall–Kier alpha value is -0.830. The van der Waals surface area contributed by atoms with E-state index < -0.39 is 32.7 Å². The van der Waals surface area contributed by atoms with E-state index in [1.807, 2.05) is 0 Å². The molecule has 1 fully saturated rings. The number of carbonyl (C=O) groups is 1. The molecular weight excluding hydrogens is 386 g/mol. The third-order valence-electron chi connectivity index (χ3n) is 3.32. The zero-order chi connectivity index (χ0) is 15.8. The Morgan fingerprint density at radius 1 is 1.38 bits per heavy atom. The molecule has 1 saturated heterocycles. The summed E-state index contributed by atoms with van der Waals surface area (Å²) in [6.45, 7) is 0.100. The number of aliphatic carboxylic acids is 1. The van der Waals surface area contributed by atoms with Gasteiger partial charge in [-0.25, -0.2) is 8.42 Å². The Balaban J connectivity index is 2.53. The number of carboxylic acids is 1. The summed E-state index contributed by atoms with van der Waals surface area (Å²) < 4.78 is 26.4. The van der Waals surface area contributed by atoms with Crippen LogP contribution in [-0.2, 0) is 14.8 Å². The first-order valence-corrected chi connectivity index (χ1v) is 8.79. The number of rotatable bonds is 3. The zero-order valence-corrected chi connectivity index (χ0v) is 13.9. The second-order valence-electron chi connectivity index (χ2n) is 4.70. The third-order valence-corrected chi connectivity index (χ3v) is 6.06. The lowest BCUT2D eigenvalue weighted by Crippen LogP contribution is -2.47. The van der Waals surface area contributed by atoms with Crippen LogP contribution in [0.3, 0.4) is 0 Å². The van der Waals surface area contributed by atoms with Crippen molar-refractivity contribution in [3.8, 4) is 5.75 Å². The summed E-state index contributed by atoms with van der Waals surface area (Å²) in [6, 6.07) is 1.35. The molecule has 1 aromatic carbocycles. The van der Waals surface area contributed by atoms with Gasteiger partial charge in [0.05, 0.1) is 4.47 Å². The molecule has 1 unspecified atom stereocenters. The van der Waals surface area contributed by atoms with Crippen molar-refractivity contribution >= 4 is 43.5 Å². The molecule has 1 aliphatic heterocycles. The number of aromatic hydroxyl groups is 1. The number of sulfonamides is 1. The molecule has 1 atom stereocenters. The lowest BCUT2D eigenvalue weighted by molar-refractivity contribution is -0.142. The van der Waals surface area contributed by atoms with Crippen molar-refractivity contribution in [2.75, 3.05) is 6.54 Å². The minimum absolute atomic E-state index is 0.100. The van der Waals surface area contributed by atoms with Gasteiger partial charge in [0.1, 0.15) is 16.7 Å². The molecule has 0 bridgehead atoms. The zero-order valence-electron chi connectivity index (χ0n) is 10.8. The van der Waals surface area contributed by atoms with Gasteiger partial charge in [0.25, 0.3) is 0 Å². The van der Waals surface area contributed by atoms with Crippen molar-refractivity contribution in [3.05, 3.63) is 21.6 Å². The van der Waals surface area contributed by atoms with Gasteiger partial charge in [-0.15, -0.1) is 0 Å². The molecule has 1 heterocycles. The monoisotopic (exact) mass is 397 g/mol. The van der Waals surface area contributed by atoms with Crippen LogP contribution in [0.15, 0.2) is 21.5 Å². The molecule has 21 heavy (non-hydrogen) atoms. The molecule has 116 valence electrons. The van der Waals surface area contributed by atoms with E-state index in [2.05, 4.69) is 15.9 Å². The van der Waals surface area contributed by atoms with E-state index in [0.29, 0.717) is 12.8 Å². The van der Waals surface area contributed by atoms with Gasteiger partial charge in [-0.1, -0.05) is 11.6 Å². The van der Waals surface area contributed by atoms with E-state index in [1.165, 1.54) is 6.07 Å². The minimum atomic E-state index is -4.14. The van der Waals surface area contributed by atoms with Gasteiger partial charge in [0.15, 0.2) is 0 Å². The summed E-state index contributed by atoms with van der Waals surface area (Å²) in [5.74, 6) is -1.67. The van der Waals surface area contributed by atoms with Gasteiger partial charge >= 0.3 is 5.97 Å². The molecule has 0 aliphatic carbocycles. The van der Waals surface area contributed by atoms with Crippen LogP contribution in [-0.4, -0.2) is 41.5 Å². The molecule has 0 spiro atoms. The largest absolute Gasteiger partial charge is 0.505 e. The number of halogens is 2. The van der Waals surface area contributed by atoms with E-state index in [4.69, 9.17) is 11.6 Å². The molecule has 9 heteroatoms. The van der Waals surface area contributed by atoms with Crippen LogP contribution in [0, 0.1) is 0 Å². The van der Waals surface area contributed by atoms with Crippen LogP contribution in [0.1, 0.15) is 19.3 Å². The van der Waals surface area contributed by atoms with Crippen molar-refractivity contribution in [2.24, 2.45) is 0 Å². The Kier molecular flexibility index (Phi) is 4.82. The first kappa shape index (κ1) is 16.5. The predicted molar refractivity (Wildman–Crippen MR) is 80.0 cm³/mol. The van der Waals surface area contributed by atoms with Crippen LogP contribution < -0.4 is 0 Å². The molecule has 0 amide bonds. The second-order valence-corrected chi connectivity index (χ2v) is 7.85. The highest BCUT2D eigenvalue weighted by Crippen LogP contribution is 2.37. The fourth-order valence-corrected chi connectivity index (χ4v) is 5.09. The van der Waals surface area contributed by atoms with Gasteiger partial charge in [-0.05, 0) is 47.3 Å². The quantitative estimate of drug-likeness (QED) is 0.815. The number of hydrogen-bond donors (Lipinski definition) is 2. The predicted octanol–water partition coefficient (Wildman–Crippen LogP) is 2.44. The van der Waals surface area contributed by atoms with Gasteiger partial charge in [-0.3, -0.25) is 4.79 Å². The maximum Gasteiger partial charge on any atom is 0.322 e. The Morgan fingerprint density at radius 3 is 2.67 bits per heavy atom. The smallest absolute Gasteiger partial charge is 0.322 e. The number of benzene rings is 1. The van der Waals surface area contributed by atoms with Gasteiger partial charge in [-0.2, -0.15) is 4.31 Å². The van der Waals surface area contributed by atoms with E-state index in [0.717, 1.165) is 10.4 Å². The van der Waals surface area contributed by atoms with E-state index in [1.54, 1.807) is 0 Å². The summed E-state index contributed by atoms with van der Waals surface area (Å²) >= 11 is 8.85. The van der Waals surface area contributed by atoms with Crippen molar-refractivity contribution in [1.82, 2.24) is 4.31 Å². The highest BCUT2D eigenvalue weighted by molar-refractivity contribution is 9.10. The molecule has 1 aliphatic rings. The summed E-state index contributed by atoms with van der Waals surface area (Å²) in [4.78, 5) is 10.9. The molecule has 1 aromatic rings. The Bertz CT molecular complexity index is 678. The minimum Gasteiger partial charge on any atom is -0.505 e. The summed E-state index contributed by atoms with van der Waals surface area (Å²) in [7, 11) is -4.14. The maximum atomic E-state index is 12.7. The Labute approximate surface area is 135 Å². The maximum absolute atomic E-state index is 12.7. The summed E-state index contributed by atoms with van der Waals surface area (Å²) in [5.41, 5.74) is 0. The van der Waals surface area contributed by atoms with Crippen LogP contribution in [0.5, 0.6) is 5.75 Å². The fraction of sp³-hybridized carbons (Fsp3) is 0.417.